The highest BCUT2D eigenvalue weighted by Crippen LogP contribution is 2.26. The van der Waals surface area contributed by atoms with Crippen molar-refractivity contribution in [3.63, 3.8) is 0 Å². The molecule has 0 saturated heterocycles. The summed E-state index contributed by atoms with van der Waals surface area (Å²) in [5, 5.41) is 19.1. The lowest BCUT2D eigenvalue weighted by atomic mass is 9.90. The van der Waals surface area contributed by atoms with Crippen LogP contribution >= 0.6 is 0 Å². The van der Waals surface area contributed by atoms with Crippen molar-refractivity contribution in [1.82, 2.24) is 0 Å². The zero-order chi connectivity index (χ0) is 13.8. The van der Waals surface area contributed by atoms with E-state index in [1.807, 2.05) is 31.2 Å². The molecule has 1 aromatic rings. The average molecular weight is 248 g/mol. The van der Waals surface area contributed by atoms with Gasteiger partial charge in [0.2, 0.25) is 0 Å². The van der Waals surface area contributed by atoms with Crippen LogP contribution in [0.2, 0.25) is 0 Å². The highest BCUT2D eigenvalue weighted by Gasteiger charge is 2.21. The minimum atomic E-state index is -0.928. The molecule has 18 heavy (non-hydrogen) atoms. The summed E-state index contributed by atoms with van der Waals surface area (Å²) in [4.78, 5) is 10.6. The van der Waals surface area contributed by atoms with E-state index in [9.17, 15) is 9.90 Å². The molecule has 3 heteroatoms. The molecule has 1 rings (SSSR count). The van der Waals surface area contributed by atoms with Crippen molar-refractivity contribution in [2.45, 2.75) is 39.2 Å². The van der Waals surface area contributed by atoms with Gasteiger partial charge in [-0.25, -0.2) is 4.79 Å². The second-order valence-corrected chi connectivity index (χ2v) is 4.87. The van der Waals surface area contributed by atoms with E-state index in [4.69, 9.17) is 5.11 Å². The van der Waals surface area contributed by atoms with Crippen LogP contribution < -0.4 is 0 Å². The van der Waals surface area contributed by atoms with Gasteiger partial charge < -0.3 is 10.2 Å². The number of carbonyl (C=O) groups is 1. The molecule has 0 fully saturated rings. The van der Waals surface area contributed by atoms with E-state index in [0.717, 1.165) is 11.1 Å². The summed E-state index contributed by atoms with van der Waals surface area (Å²) < 4.78 is 0. The number of hydrogen-bond acceptors (Lipinski definition) is 2. The normalized spacial score (nSPS) is 15.2. The molecule has 0 amide bonds. The first-order chi connectivity index (χ1) is 8.33. The van der Waals surface area contributed by atoms with Crippen molar-refractivity contribution < 1.29 is 15.0 Å². The predicted molar refractivity (Wildman–Crippen MR) is 71.4 cm³/mol. The van der Waals surface area contributed by atoms with Gasteiger partial charge in [0.05, 0.1) is 5.60 Å². The lowest BCUT2D eigenvalue weighted by molar-refractivity contribution is -0.132. The first-order valence-electron chi connectivity index (χ1n) is 6.02. The van der Waals surface area contributed by atoms with Crippen LogP contribution in [0, 0.1) is 6.92 Å². The zero-order valence-electron chi connectivity index (χ0n) is 11.1. The number of carboxylic acid groups (broad SMARTS) is 1. The van der Waals surface area contributed by atoms with Gasteiger partial charge in [-0.05, 0) is 39.2 Å². The highest BCUT2D eigenvalue weighted by molar-refractivity contribution is 5.85. The second kappa shape index (κ2) is 5.83. The second-order valence-electron chi connectivity index (χ2n) is 4.87. The molecule has 1 aromatic carbocycles. The number of aliphatic hydroxyl groups is 1. The molecule has 0 aliphatic rings. The van der Waals surface area contributed by atoms with Gasteiger partial charge in [0.15, 0.2) is 0 Å². The Labute approximate surface area is 108 Å². The largest absolute Gasteiger partial charge is 0.478 e. The predicted octanol–water partition coefficient (Wildman–Crippen LogP) is 3.01. The number of allylic oxidation sites excluding steroid dienone is 1. The Morgan fingerprint density at radius 1 is 1.33 bits per heavy atom. The molecule has 0 bridgehead atoms. The molecule has 0 aliphatic heterocycles. The molecule has 0 unspecified atom stereocenters. The molecule has 0 heterocycles. The first kappa shape index (κ1) is 14.5. The molecule has 3 nitrogen and oxygen atoms in total. The van der Waals surface area contributed by atoms with Crippen LogP contribution in [0.4, 0.5) is 0 Å². The monoisotopic (exact) mass is 248 g/mol. The average Bonchev–Trinajstić information content (AvgIpc) is 2.29. The maximum absolute atomic E-state index is 10.6. The van der Waals surface area contributed by atoms with Crippen LogP contribution in [0.15, 0.2) is 35.9 Å². The van der Waals surface area contributed by atoms with Crippen LogP contribution in [0.25, 0.3) is 0 Å². The summed E-state index contributed by atoms with van der Waals surface area (Å²) in [6.45, 7) is 5.31. The van der Waals surface area contributed by atoms with Gasteiger partial charge in [-0.3, -0.25) is 0 Å². The number of hydrogen-bond donors (Lipinski definition) is 2. The Morgan fingerprint density at radius 2 is 1.89 bits per heavy atom. The highest BCUT2D eigenvalue weighted by atomic mass is 16.4. The fraction of sp³-hybridized carbons (Fsp3) is 0.400. The van der Waals surface area contributed by atoms with Crippen molar-refractivity contribution in [2.75, 3.05) is 0 Å². The molecule has 0 saturated carbocycles. The van der Waals surface area contributed by atoms with Gasteiger partial charge in [0.1, 0.15) is 0 Å². The number of rotatable bonds is 5. The fourth-order valence-corrected chi connectivity index (χ4v) is 1.71. The van der Waals surface area contributed by atoms with Gasteiger partial charge in [0, 0.05) is 5.57 Å². The van der Waals surface area contributed by atoms with Crippen molar-refractivity contribution in [3.8, 4) is 0 Å². The van der Waals surface area contributed by atoms with Crippen molar-refractivity contribution in [1.29, 1.82) is 0 Å². The van der Waals surface area contributed by atoms with Crippen molar-refractivity contribution in [2.24, 2.45) is 0 Å². The van der Waals surface area contributed by atoms with E-state index < -0.39 is 11.6 Å². The van der Waals surface area contributed by atoms with E-state index in [-0.39, 0.29) is 0 Å². The number of aryl methyl sites for hydroxylation is 1. The van der Waals surface area contributed by atoms with E-state index in [2.05, 4.69) is 0 Å². The standard InChI is InChI=1S/C15H20O3/c1-11-6-8-13(9-7-11)15(3,18)10-4-5-12(2)14(16)17/h5-9,18H,4,10H2,1-3H3,(H,16,17)/t15-/m0/s1. The van der Waals surface area contributed by atoms with Crippen molar-refractivity contribution in [3.05, 3.63) is 47.0 Å². The van der Waals surface area contributed by atoms with E-state index in [1.165, 1.54) is 0 Å². The van der Waals surface area contributed by atoms with Gasteiger partial charge in [-0.15, -0.1) is 0 Å². The fourth-order valence-electron chi connectivity index (χ4n) is 1.71. The summed E-state index contributed by atoms with van der Waals surface area (Å²) in [6.07, 6.45) is 2.69. The SMILES string of the molecule is CC(=CCC[C@](C)(O)c1ccc(C)cc1)C(=O)O. The quantitative estimate of drug-likeness (QED) is 0.787. The number of aliphatic carboxylic acids is 1. The van der Waals surface area contributed by atoms with Crippen LogP contribution in [0.1, 0.15) is 37.8 Å². The Balaban J connectivity index is 2.68. The molecule has 0 aliphatic carbocycles. The Kier molecular flexibility index (Phi) is 4.68. The Hall–Kier alpha value is -1.61. The number of benzene rings is 1. The molecule has 0 aromatic heterocycles. The van der Waals surface area contributed by atoms with Crippen LogP contribution in [0.5, 0.6) is 0 Å². The third-order valence-electron chi connectivity index (χ3n) is 3.09. The Bertz CT molecular complexity index is 441. The van der Waals surface area contributed by atoms with Gasteiger partial charge in [0.25, 0.3) is 0 Å². The van der Waals surface area contributed by atoms with Gasteiger partial charge in [-0.1, -0.05) is 35.9 Å². The lowest BCUT2D eigenvalue weighted by Crippen LogP contribution is -2.20. The van der Waals surface area contributed by atoms with Crippen molar-refractivity contribution >= 4 is 5.97 Å². The van der Waals surface area contributed by atoms with E-state index in [0.29, 0.717) is 18.4 Å². The van der Waals surface area contributed by atoms with Crippen LogP contribution in [0.3, 0.4) is 0 Å². The van der Waals surface area contributed by atoms with Gasteiger partial charge >= 0.3 is 5.97 Å². The third-order valence-corrected chi connectivity index (χ3v) is 3.09. The molecule has 2 N–H and O–H groups in total. The molecular formula is C15H20O3. The first-order valence-corrected chi connectivity index (χ1v) is 6.02. The van der Waals surface area contributed by atoms with E-state index in [1.54, 1.807) is 19.9 Å². The maximum Gasteiger partial charge on any atom is 0.330 e. The van der Waals surface area contributed by atoms with Crippen LogP contribution in [-0.2, 0) is 10.4 Å². The molecule has 1 atom stereocenters. The zero-order valence-corrected chi connectivity index (χ0v) is 11.1. The molecule has 0 spiro atoms. The summed E-state index contributed by atoms with van der Waals surface area (Å²) in [5.74, 6) is -0.912. The smallest absolute Gasteiger partial charge is 0.330 e. The lowest BCUT2D eigenvalue weighted by Gasteiger charge is -2.23. The summed E-state index contributed by atoms with van der Waals surface area (Å²) >= 11 is 0. The van der Waals surface area contributed by atoms with Gasteiger partial charge in [-0.2, -0.15) is 0 Å². The summed E-state index contributed by atoms with van der Waals surface area (Å²) in [6, 6.07) is 7.73. The van der Waals surface area contributed by atoms with E-state index >= 15 is 0 Å². The third kappa shape index (κ3) is 4.00. The minimum Gasteiger partial charge on any atom is -0.478 e. The summed E-state index contributed by atoms with van der Waals surface area (Å²) in [7, 11) is 0. The maximum atomic E-state index is 10.6. The molecule has 0 radical (unpaired) electrons. The van der Waals surface area contributed by atoms with Crippen LogP contribution in [-0.4, -0.2) is 16.2 Å². The minimum absolute atomic E-state index is 0.315. The summed E-state index contributed by atoms with van der Waals surface area (Å²) in [5.41, 5.74) is 1.39. The Morgan fingerprint density at radius 3 is 2.39 bits per heavy atom. The number of carboxylic acids is 1. The molecule has 98 valence electrons. The molecular weight excluding hydrogens is 228 g/mol. The topological polar surface area (TPSA) is 57.5 Å².